The normalized spacial score (nSPS) is 12.9. The van der Waals surface area contributed by atoms with Gasteiger partial charge in [-0.15, -0.1) is 0 Å². The molecule has 1 heterocycles. The van der Waals surface area contributed by atoms with E-state index in [9.17, 15) is 5.11 Å². The monoisotopic (exact) mass is 406 g/mol. The van der Waals surface area contributed by atoms with Crippen LogP contribution in [-0.2, 0) is 6.42 Å². The predicted molar refractivity (Wildman–Crippen MR) is 120 cm³/mol. The fourth-order valence-corrected chi connectivity index (χ4v) is 3.19. The van der Waals surface area contributed by atoms with E-state index in [-0.39, 0.29) is 12.1 Å². The Kier molecular flexibility index (Phi) is 7.44. The van der Waals surface area contributed by atoms with Gasteiger partial charge in [-0.1, -0.05) is 53.7 Å². The highest BCUT2D eigenvalue weighted by molar-refractivity contribution is 5.70. The van der Waals surface area contributed by atoms with Crippen LogP contribution in [0.3, 0.4) is 0 Å². The number of hydrogen-bond donors (Lipinski definition) is 2. The van der Waals surface area contributed by atoms with Crippen LogP contribution in [0.25, 0.3) is 12.2 Å². The van der Waals surface area contributed by atoms with Crippen LogP contribution in [-0.4, -0.2) is 35.1 Å². The van der Waals surface area contributed by atoms with E-state index in [1.807, 2.05) is 67.6 Å². The van der Waals surface area contributed by atoms with Crippen molar-refractivity contribution >= 4 is 12.2 Å². The van der Waals surface area contributed by atoms with Crippen molar-refractivity contribution in [2.45, 2.75) is 38.8 Å². The third-order valence-electron chi connectivity index (χ3n) is 4.73. The molecular weight excluding hydrogens is 376 g/mol. The molecule has 3 rings (SSSR count). The second-order valence-corrected chi connectivity index (χ2v) is 8.13. The van der Waals surface area contributed by atoms with Gasteiger partial charge in [-0.05, 0) is 51.0 Å². The summed E-state index contributed by atoms with van der Waals surface area (Å²) >= 11 is 0. The number of ether oxygens (including phenoxy) is 1. The molecule has 158 valence electrons. The summed E-state index contributed by atoms with van der Waals surface area (Å²) in [6.07, 6.45) is 4.04. The second-order valence-electron chi connectivity index (χ2n) is 8.13. The van der Waals surface area contributed by atoms with Gasteiger partial charge < -0.3 is 19.7 Å². The van der Waals surface area contributed by atoms with Crippen molar-refractivity contribution in [3.8, 4) is 5.75 Å². The average molecular weight is 407 g/mol. The first-order valence-corrected chi connectivity index (χ1v) is 10.2. The summed E-state index contributed by atoms with van der Waals surface area (Å²) in [5, 5.41) is 17.7. The van der Waals surface area contributed by atoms with Gasteiger partial charge in [0, 0.05) is 23.7 Å². The van der Waals surface area contributed by atoms with Crippen molar-refractivity contribution in [3.05, 3.63) is 83.2 Å². The molecule has 0 saturated heterocycles. The van der Waals surface area contributed by atoms with E-state index in [0.717, 1.165) is 17.7 Å². The lowest BCUT2D eigenvalue weighted by atomic mass is 9.95. The smallest absolute Gasteiger partial charge is 0.159 e. The molecule has 2 N–H and O–H groups in total. The molecular formula is C25H30N2O3. The van der Waals surface area contributed by atoms with Gasteiger partial charge >= 0.3 is 0 Å². The van der Waals surface area contributed by atoms with Crippen molar-refractivity contribution in [3.63, 3.8) is 0 Å². The Morgan fingerprint density at radius 2 is 1.83 bits per heavy atom. The van der Waals surface area contributed by atoms with Gasteiger partial charge in [-0.3, -0.25) is 0 Å². The number of hydrogen-bond acceptors (Lipinski definition) is 5. The molecule has 0 spiro atoms. The molecule has 0 amide bonds. The fraction of sp³-hybridized carbons (Fsp3) is 0.320. The van der Waals surface area contributed by atoms with Gasteiger partial charge in [0.25, 0.3) is 0 Å². The van der Waals surface area contributed by atoms with Gasteiger partial charge in [-0.2, -0.15) is 0 Å². The summed E-state index contributed by atoms with van der Waals surface area (Å²) in [7, 11) is 0. The van der Waals surface area contributed by atoms with Gasteiger partial charge in [-0.25, -0.2) is 0 Å². The topological polar surface area (TPSA) is 67.5 Å². The minimum absolute atomic E-state index is 0.127. The van der Waals surface area contributed by atoms with Crippen molar-refractivity contribution in [1.82, 2.24) is 10.5 Å². The molecule has 0 radical (unpaired) electrons. The van der Waals surface area contributed by atoms with E-state index in [1.165, 1.54) is 5.56 Å². The van der Waals surface area contributed by atoms with Crippen LogP contribution in [0.5, 0.6) is 5.75 Å². The van der Waals surface area contributed by atoms with E-state index in [0.29, 0.717) is 18.1 Å². The summed E-state index contributed by atoms with van der Waals surface area (Å²) in [5.41, 5.74) is 2.89. The van der Waals surface area contributed by atoms with Gasteiger partial charge in [0.05, 0.1) is 5.69 Å². The van der Waals surface area contributed by atoms with Gasteiger partial charge in [0.15, 0.2) is 5.76 Å². The van der Waals surface area contributed by atoms with Gasteiger partial charge in [0.2, 0.25) is 0 Å². The third-order valence-corrected chi connectivity index (χ3v) is 4.73. The van der Waals surface area contributed by atoms with E-state index in [2.05, 4.69) is 36.5 Å². The zero-order valence-electron chi connectivity index (χ0n) is 17.8. The second kappa shape index (κ2) is 10.2. The molecule has 30 heavy (non-hydrogen) atoms. The standard InChI is InChI=1S/C25H30N2O3/c1-19-15-23(30-27-19)14-13-21-11-7-8-12-24(21)29-18-22(28)17-26-25(2,3)16-20-9-5-4-6-10-20/h4-15,22,26,28H,16-18H2,1-3H3. The Labute approximate surface area is 178 Å². The zero-order chi connectivity index (χ0) is 21.4. The molecule has 0 fully saturated rings. The van der Waals surface area contributed by atoms with E-state index in [1.54, 1.807) is 0 Å². The summed E-state index contributed by atoms with van der Waals surface area (Å²) in [6.45, 7) is 6.82. The van der Waals surface area contributed by atoms with Crippen LogP contribution in [0, 0.1) is 6.92 Å². The molecule has 0 aliphatic rings. The maximum absolute atomic E-state index is 10.4. The van der Waals surface area contributed by atoms with E-state index in [4.69, 9.17) is 9.26 Å². The highest BCUT2D eigenvalue weighted by Crippen LogP contribution is 2.21. The number of aryl methyl sites for hydroxylation is 1. The molecule has 1 aromatic heterocycles. The van der Waals surface area contributed by atoms with Crippen LogP contribution in [0.2, 0.25) is 0 Å². The number of benzene rings is 2. The number of aromatic nitrogens is 1. The van der Waals surface area contributed by atoms with Crippen LogP contribution < -0.4 is 10.1 Å². The van der Waals surface area contributed by atoms with E-state index < -0.39 is 6.10 Å². The molecule has 0 bridgehead atoms. The van der Waals surface area contributed by atoms with Crippen molar-refractivity contribution < 1.29 is 14.4 Å². The van der Waals surface area contributed by atoms with Crippen LogP contribution in [0.1, 0.15) is 36.4 Å². The molecule has 2 aromatic carbocycles. The SMILES string of the molecule is Cc1cc(C=Cc2ccccc2OCC(O)CNC(C)(C)Cc2ccccc2)on1. The first-order valence-electron chi connectivity index (χ1n) is 10.2. The van der Waals surface area contributed by atoms with Crippen LogP contribution in [0.4, 0.5) is 0 Å². The zero-order valence-corrected chi connectivity index (χ0v) is 17.8. The first kappa shape index (κ1) is 21.8. The first-order chi connectivity index (χ1) is 14.4. The Morgan fingerprint density at radius 3 is 2.57 bits per heavy atom. The minimum atomic E-state index is -0.617. The highest BCUT2D eigenvalue weighted by atomic mass is 16.5. The molecule has 3 aromatic rings. The lowest BCUT2D eigenvalue weighted by Crippen LogP contribution is -2.46. The summed E-state index contributed by atoms with van der Waals surface area (Å²) in [6, 6.07) is 19.9. The Hall–Kier alpha value is -2.89. The number of nitrogens with one attached hydrogen (secondary N) is 1. The maximum atomic E-state index is 10.4. The van der Waals surface area contributed by atoms with Crippen molar-refractivity contribution in [2.24, 2.45) is 0 Å². The lowest BCUT2D eigenvalue weighted by Gasteiger charge is -2.28. The van der Waals surface area contributed by atoms with Crippen LogP contribution >= 0.6 is 0 Å². The average Bonchev–Trinajstić information content (AvgIpc) is 3.15. The van der Waals surface area contributed by atoms with E-state index >= 15 is 0 Å². The Balaban J connectivity index is 1.51. The third kappa shape index (κ3) is 6.87. The fourth-order valence-electron chi connectivity index (χ4n) is 3.19. The molecule has 0 saturated carbocycles. The largest absolute Gasteiger partial charge is 0.490 e. The van der Waals surface area contributed by atoms with Gasteiger partial charge in [0.1, 0.15) is 18.5 Å². The Bertz CT molecular complexity index is 948. The molecule has 0 aliphatic carbocycles. The summed E-state index contributed by atoms with van der Waals surface area (Å²) < 4.78 is 11.1. The number of para-hydroxylation sites is 1. The number of β-amino-alcohol motifs (C(OH)–C–C–N with tert-alkyl or cyclic N) is 1. The number of aliphatic hydroxyl groups excluding tert-OH is 1. The predicted octanol–water partition coefficient (Wildman–Crippen LogP) is 4.50. The minimum Gasteiger partial charge on any atom is -0.490 e. The quantitative estimate of drug-likeness (QED) is 0.519. The Morgan fingerprint density at radius 1 is 1.10 bits per heavy atom. The maximum Gasteiger partial charge on any atom is 0.159 e. The number of rotatable bonds is 10. The molecule has 1 atom stereocenters. The van der Waals surface area contributed by atoms with Crippen LogP contribution in [0.15, 0.2) is 65.2 Å². The molecule has 5 heteroatoms. The number of nitrogens with zero attached hydrogens (tertiary/aromatic N) is 1. The summed E-state index contributed by atoms with van der Waals surface area (Å²) in [4.78, 5) is 0. The highest BCUT2D eigenvalue weighted by Gasteiger charge is 2.19. The van der Waals surface area contributed by atoms with Crippen molar-refractivity contribution in [2.75, 3.05) is 13.2 Å². The molecule has 1 unspecified atom stereocenters. The lowest BCUT2D eigenvalue weighted by molar-refractivity contribution is 0.0987. The van der Waals surface area contributed by atoms with Crippen molar-refractivity contribution in [1.29, 1.82) is 0 Å². The summed E-state index contributed by atoms with van der Waals surface area (Å²) in [5.74, 6) is 1.40. The number of aliphatic hydroxyl groups is 1. The molecule has 0 aliphatic heterocycles. The molecule has 5 nitrogen and oxygen atoms in total.